The number of ether oxygens (including phenoxy) is 1. The van der Waals surface area contributed by atoms with Crippen molar-refractivity contribution in [2.24, 2.45) is 0 Å². The maximum atomic E-state index is 13.5. The first-order valence-electron chi connectivity index (χ1n) is 5.88. The van der Waals surface area contributed by atoms with Gasteiger partial charge >= 0.3 is 6.11 Å². The van der Waals surface area contributed by atoms with E-state index in [1.807, 2.05) is 0 Å². The number of hydrogen-bond donors (Lipinski definition) is 1. The zero-order valence-electron chi connectivity index (χ0n) is 11.2. The zero-order valence-corrected chi connectivity index (χ0v) is 11.2. The molecule has 1 amide bonds. The first kappa shape index (κ1) is 15.4. The second-order valence-corrected chi connectivity index (χ2v) is 4.41. The molecule has 1 aromatic carbocycles. The average molecular weight is 272 g/mol. The molecule has 0 spiro atoms. The van der Waals surface area contributed by atoms with Crippen LogP contribution in [0.4, 0.5) is 8.78 Å². The van der Waals surface area contributed by atoms with Crippen molar-refractivity contribution in [3.8, 4) is 5.75 Å². The van der Waals surface area contributed by atoms with Gasteiger partial charge in [-0.15, -0.1) is 0 Å². The molecule has 0 fully saturated rings. The molecule has 4 nitrogen and oxygen atoms in total. The number of halogens is 2. The van der Waals surface area contributed by atoms with Gasteiger partial charge in [0.15, 0.2) is 0 Å². The van der Waals surface area contributed by atoms with Crippen molar-refractivity contribution in [2.45, 2.75) is 19.1 Å². The fourth-order valence-corrected chi connectivity index (χ4v) is 1.27. The number of para-hydroxylation sites is 1. The monoisotopic (exact) mass is 272 g/mol. The third-order valence-electron chi connectivity index (χ3n) is 2.63. The number of rotatable bonds is 6. The largest absolute Gasteiger partial charge is 0.431 e. The van der Waals surface area contributed by atoms with Crippen LogP contribution in [0.3, 0.4) is 0 Å². The van der Waals surface area contributed by atoms with E-state index in [9.17, 15) is 13.6 Å². The number of nitrogens with one attached hydrogen (secondary N) is 1. The van der Waals surface area contributed by atoms with Gasteiger partial charge in [0, 0.05) is 0 Å². The Morgan fingerprint density at radius 1 is 1.37 bits per heavy atom. The van der Waals surface area contributed by atoms with Gasteiger partial charge in [-0.25, -0.2) is 0 Å². The van der Waals surface area contributed by atoms with Crippen LogP contribution in [0.25, 0.3) is 0 Å². The van der Waals surface area contributed by atoms with Crippen LogP contribution < -0.4 is 10.1 Å². The Kier molecular flexibility index (Phi) is 5.23. The lowest BCUT2D eigenvalue weighted by atomic mass is 10.3. The Morgan fingerprint density at radius 2 is 1.95 bits per heavy atom. The van der Waals surface area contributed by atoms with E-state index in [1.54, 1.807) is 44.1 Å². The Balaban J connectivity index is 2.49. The minimum atomic E-state index is -3.44. The van der Waals surface area contributed by atoms with Crippen molar-refractivity contribution in [1.82, 2.24) is 10.2 Å². The van der Waals surface area contributed by atoms with Crippen LogP contribution in [0.2, 0.25) is 0 Å². The summed E-state index contributed by atoms with van der Waals surface area (Å²) in [5.41, 5.74) is 0. The summed E-state index contributed by atoms with van der Waals surface area (Å²) in [6.07, 6.45) is -3.44. The highest BCUT2D eigenvalue weighted by Gasteiger charge is 2.33. The molecule has 0 radical (unpaired) electrons. The summed E-state index contributed by atoms with van der Waals surface area (Å²) in [6, 6.07) is 7.27. The first-order chi connectivity index (χ1) is 8.82. The van der Waals surface area contributed by atoms with Crippen LogP contribution in [0.5, 0.6) is 5.75 Å². The van der Waals surface area contributed by atoms with Crippen LogP contribution >= 0.6 is 0 Å². The summed E-state index contributed by atoms with van der Waals surface area (Å²) in [6.45, 7) is 0.768. The van der Waals surface area contributed by atoms with Crippen molar-refractivity contribution < 1.29 is 18.3 Å². The number of carbonyl (C=O) groups excluding carboxylic acids is 1. The minimum Gasteiger partial charge on any atom is -0.431 e. The van der Waals surface area contributed by atoms with E-state index in [-0.39, 0.29) is 5.75 Å². The van der Waals surface area contributed by atoms with Crippen LogP contribution in [0, 0.1) is 0 Å². The van der Waals surface area contributed by atoms with Crippen molar-refractivity contribution in [1.29, 1.82) is 0 Å². The van der Waals surface area contributed by atoms with E-state index in [1.165, 1.54) is 12.1 Å². The minimum absolute atomic E-state index is 0.0578. The third kappa shape index (κ3) is 5.21. The summed E-state index contributed by atoms with van der Waals surface area (Å²) in [5, 5.41) is 2.17. The second kappa shape index (κ2) is 6.47. The predicted molar refractivity (Wildman–Crippen MR) is 68.2 cm³/mol. The van der Waals surface area contributed by atoms with Gasteiger partial charge in [-0.2, -0.15) is 8.78 Å². The topological polar surface area (TPSA) is 41.6 Å². The molecule has 1 atom stereocenters. The molecule has 0 aliphatic carbocycles. The summed E-state index contributed by atoms with van der Waals surface area (Å²) < 4.78 is 31.5. The molecule has 1 aromatic rings. The first-order valence-corrected chi connectivity index (χ1v) is 5.88. The Hall–Kier alpha value is -1.69. The molecule has 0 saturated heterocycles. The number of nitrogens with zero attached hydrogens (tertiary/aromatic N) is 1. The second-order valence-electron chi connectivity index (χ2n) is 4.41. The maximum absolute atomic E-state index is 13.5. The van der Waals surface area contributed by atoms with Gasteiger partial charge in [0.1, 0.15) is 12.3 Å². The summed E-state index contributed by atoms with van der Waals surface area (Å²) in [7, 11) is 3.39. The van der Waals surface area contributed by atoms with Gasteiger partial charge in [-0.3, -0.25) is 9.69 Å². The molecule has 106 valence electrons. The number of hydrogen-bond acceptors (Lipinski definition) is 3. The quantitative estimate of drug-likeness (QED) is 0.857. The number of alkyl halides is 2. The number of likely N-dealkylation sites (N-methyl/N-ethyl adjacent to an activating group) is 1. The molecule has 1 N–H and O–H groups in total. The third-order valence-corrected chi connectivity index (χ3v) is 2.63. The lowest BCUT2D eigenvalue weighted by molar-refractivity contribution is -0.174. The van der Waals surface area contributed by atoms with Crippen LogP contribution in [0.15, 0.2) is 30.3 Å². The molecule has 1 rings (SSSR count). The van der Waals surface area contributed by atoms with Crippen LogP contribution in [0.1, 0.15) is 6.92 Å². The fraction of sp³-hybridized carbons (Fsp3) is 0.462. The fourth-order valence-electron chi connectivity index (χ4n) is 1.27. The van der Waals surface area contributed by atoms with Crippen molar-refractivity contribution in [3.05, 3.63) is 30.3 Å². The molecule has 0 saturated carbocycles. The van der Waals surface area contributed by atoms with Crippen molar-refractivity contribution in [2.75, 3.05) is 20.6 Å². The van der Waals surface area contributed by atoms with E-state index in [0.29, 0.717) is 0 Å². The highest BCUT2D eigenvalue weighted by molar-refractivity contribution is 5.81. The Morgan fingerprint density at radius 3 is 2.47 bits per heavy atom. The highest BCUT2D eigenvalue weighted by atomic mass is 19.3. The lowest BCUT2D eigenvalue weighted by Gasteiger charge is -2.22. The van der Waals surface area contributed by atoms with E-state index in [4.69, 9.17) is 0 Å². The summed E-state index contributed by atoms with van der Waals surface area (Å²) in [4.78, 5) is 13.2. The SMILES string of the molecule is C[C@@H](C(=O)NCC(F)(F)Oc1ccccc1)N(C)C. The lowest BCUT2D eigenvalue weighted by Crippen LogP contribution is -2.47. The number of amides is 1. The van der Waals surface area contributed by atoms with Gasteiger partial charge in [0.25, 0.3) is 0 Å². The van der Waals surface area contributed by atoms with Crippen LogP contribution in [-0.4, -0.2) is 43.6 Å². The maximum Gasteiger partial charge on any atom is 0.415 e. The van der Waals surface area contributed by atoms with Crippen molar-refractivity contribution >= 4 is 5.91 Å². The zero-order chi connectivity index (χ0) is 14.5. The molecular weight excluding hydrogens is 254 g/mol. The standard InChI is InChI=1S/C13H18F2N2O2/c1-10(17(2)3)12(18)16-9-13(14,15)19-11-7-5-4-6-8-11/h4-8,10H,9H2,1-3H3,(H,16,18)/t10-/m0/s1. The average Bonchev–Trinajstić information content (AvgIpc) is 2.35. The Labute approximate surface area is 111 Å². The van der Waals surface area contributed by atoms with E-state index in [2.05, 4.69) is 10.1 Å². The molecule has 0 bridgehead atoms. The van der Waals surface area contributed by atoms with Gasteiger partial charge in [0.2, 0.25) is 5.91 Å². The Bertz CT molecular complexity index is 410. The van der Waals surface area contributed by atoms with E-state index < -0.39 is 24.6 Å². The molecular formula is C13H18F2N2O2. The summed E-state index contributed by atoms with van der Waals surface area (Å²) >= 11 is 0. The molecule has 0 aromatic heterocycles. The van der Waals surface area contributed by atoms with E-state index in [0.717, 1.165) is 0 Å². The highest BCUT2D eigenvalue weighted by Crippen LogP contribution is 2.20. The molecule has 0 aliphatic rings. The van der Waals surface area contributed by atoms with Gasteiger partial charge in [-0.1, -0.05) is 18.2 Å². The van der Waals surface area contributed by atoms with Gasteiger partial charge in [-0.05, 0) is 33.2 Å². The number of benzene rings is 1. The van der Waals surface area contributed by atoms with Gasteiger partial charge < -0.3 is 10.1 Å². The summed E-state index contributed by atoms with van der Waals surface area (Å²) in [5.74, 6) is -0.413. The normalized spacial score (nSPS) is 13.2. The molecule has 0 unspecified atom stereocenters. The van der Waals surface area contributed by atoms with E-state index >= 15 is 0 Å². The smallest absolute Gasteiger partial charge is 0.415 e. The number of carbonyl (C=O) groups is 1. The molecule has 0 heterocycles. The van der Waals surface area contributed by atoms with Crippen LogP contribution in [-0.2, 0) is 4.79 Å². The molecule has 0 aliphatic heterocycles. The molecule has 19 heavy (non-hydrogen) atoms. The van der Waals surface area contributed by atoms with Crippen molar-refractivity contribution in [3.63, 3.8) is 0 Å². The predicted octanol–water partition coefficient (Wildman–Crippen LogP) is 1.72. The van der Waals surface area contributed by atoms with Gasteiger partial charge in [0.05, 0.1) is 6.04 Å². The molecule has 6 heteroatoms.